The zero-order chi connectivity index (χ0) is 15.2. The number of nitrogens with zero attached hydrogens (tertiary/aromatic N) is 1. The van der Waals surface area contributed by atoms with Gasteiger partial charge < -0.3 is 15.4 Å². The molecule has 0 bridgehead atoms. The summed E-state index contributed by atoms with van der Waals surface area (Å²) in [5, 5.41) is 0.736. The van der Waals surface area contributed by atoms with Gasteiger partial charge in [-0.25, -0.2) is 0 Å². The molecule has 1 unspecified atom stereocenters. The lowest BCUT2D eigenvalue weighted by atomic mass is 10.0. The molecule has 0 aliphatic carbocycles. The van der Waals surface area contributed by atoms with E-state index in [1.54, 1.807) is 7.11 Å². The van der Waals surface area contributed by atoms with Gasteiger partial charge in [-0.15, -0.1) is 0 Å². The van der Waals surface area contributed by atoms with Gasteiger partial charge in [-0.05, 0) is 36.2 Å². The molecule has 0 spiro atoms. The van der Waals surface area contributed by atoms with Gasteiger partial charge >= 0.3 is 0 Å². The molecule has 0 amide bonds. The number of hydrogen-bond acceptors (Lipinski definition) is 3. The highest BCUT2D eigenvalue weighted by molar-refractivity contribution is 6.30. The topological polar surface area (TPSA) is 38.5 Å². The Labute approximate surface area is 131 Å². The molecule has 0 aromatic heterocycles. The Hall–Kier alpha value is -1.71. The van der Waals surface area contributed by atoms with E-state index in [0.717, 1.165) is 35.0 Å². The maximum absolute atomic E-state index is 6.23. The average molecular weight is 305 g/mol. The van der Waals surface area contributed by atoms with Gasteiger partial charge in [0.1, 0.15) is 5.75 Å². The lowest BCUT2D eigenvalue weighted by Gasteiger charge is -2.22. The van der Waals surface area contributed by atoms with Crippen molar-refractivity contribution in [3.8, 4) is 5.75 Å². The zero-order valence-corrected chi connectivity index (χ0v) is 13.2. The monoisotopic (exact) mass is 304 g/mol. The highest BCUT2D eigenvalue weighted by Gasteiger charge is 2.08. The maximum atomic E-state index is 6.23. The molecule has 4 heteroatoms. The zero-order valence-electron chi connectivity index (χ0n) is 12.4. The molecule has 2 aromatic rings. The third-order valence-corrected chi connectivity index (χ3v) is 3.82. The van der Waals surface area contributed by atoms with E-state index in [9.17, 15) is 0 Å². The molecule has 0 radical (unpaired) electrons. The first kappa shape index (κ1) is 15.7. The van der Waals surface area contributed by atoms with Crippen LogP contribution in [0, 0.1) is 0 Å². The van der Waals surface area contributed by atoms with Crippen molar-refractivity contribution in [3.63, 3.8) is 0 Å². The lowest BCUT2D eigenvalue weighted by molar-refractivity contribution is 0.415. The minimum absolute atomic E-state index is 0.00956. The number of halogens is 1. The molecular weight excluding hydrogens is 284 g/mol. The van der Waals surface area contributed by atoms with Crippen molar-refractivity contribution in [2.75, 3.05) is 25.6 Å². The van der Waals surface area contributed by atoms with Crippen LogP contribution in [0.5, 0.6) is 5.75 Å². The number of anilines is 1. The van der Waals surface area contributed by atoms with Crippen LogP contribution >= 0.6 is 11.6 Å². The van der Waals surface area contributed by atoms with Gasteiger partial charge in [-0.1, -0.05) is 29.8 Å². The van der Waals surface area contributed by atoms with E-state index in [1.165, 1.54) is 0 Å². The van der Waals surface area contributed by atoms with Crippen LogP contribution in [0.3, 0.4) is 0 Å². The Morgan fingerprint density at radius 2 is 1.90 bits per heavy atom. The standard InChI is InChI=1S/C17H21ClN2O/c1-20(15-4-3-5-16(12-15)21-2)11-10-17(19)13-6-8-14(18)9-7-13/h3-9,12,17H,10-11,19H2,1-2H3. The SMILES string of the molecule is COc1cccc(N(C)CCC(N)c2ccc(Cl)cc2)c1. The first-order valence-corrected chi connectivity index (χ1v) is 7.34. The predicted octanol–water partition coefficient (Wildman–Crippen LogP) is 3.87. The fourth-order valence-corrected chi connectivity index (χ4v) is 2.31. The van der Waals surface area contributed by atoms with E-state index in [2.05, 4.69) is 18.0 Å². The van der Waals surface area contributed by atoms with E-state index in [0.29, 0.717) is 0 Å². The molecule has 2 N–H and O–H groups in total. The Kier molecular flexibility index (Phi) is 5.48. The van der Waals surface area contributed by atoms with Crippen LogP contribution in [0.25, 0.3) is 0 Å². The smallest absolute Gasteiger partial charge is 0.120 e. The van der Waals surface area contributed by atoms with Gasteiger partial charge in [-0.2, -0.15) is 0 Å². The van der Waals surface area contributed by atoms with Crippen molar-refractivity contribution in [2.45, 2.75) is 12.5 Å². The number of nitrogens with two attached hydrogens (primary N) is 1. The number of methoxy groups -OCH3 is 1. The van der Waals surface area contributed by atoms with Crippen LogP contribution in [-0.2, 0) is 0 Å². The van der Waals surface area contributed by atoms with Crippen LogP contribution < -0.4 is 15.4 Å². The molecule has 0 fully saturated rings. The quantitative estimate of drug-likeness (QED) is 0.880. The molecule has 21 heavy (non-hydrogen) atoms. The molecular formula is C17H21ClN2O. The van der Waals surface area contributed by atoms with E-state index >= 15 is 0 Å². The van der Waals surface area contributed by atoms with Crippen molar-refractivity contribution in [2.24, 2.45) is 5.73 Å². The van der Waals surface area contributed by atoms with Crippen molar-refractivity contribution in [1.82, 2.24) is 0 Å². The Balaban J connectivity index is 1.93. The first-order chi connectivity index (χ1) is 10.1. The second kappa shape index (κ2) is 7.34. The normalized spacial score (nSPS) is 12.0. The van der Waals surface area contributed by atoms with Crippen molar-refractivity contribution in [1.29, 1.82) is 0 Å². The average Bonchev–Trinajstić information content (AvgIpc) is 2.53. The summed E-state index contributed by atoms with van der Waals surface area (Å²) in [5.74, 6) is 0.862. The summed E-state index contributed by atoms with van der Waals surface area (Å²) in [6.45, 7) is 0.872. The summed E-state index contributed by atoms with van der Waals surface area (Å²) in [4.78, 5) is 2.18. The van der Waals surface area contributed by atoms with Crippen LogP contribution in [0.4, 0.5) is 5.69 Å². The predicted molar refractivity (Wildman–Crippen MR) is 89.3 cm³/mol. The maximum Gasteiger partial charge on any atom is 0.120 e. The van der Waals surface area contributed by atoms with E-state index in [1.807, 2.05) is 42.5 Å². The summed E-state index contributed by atoms with van der Waals surface area (Å²) in [5.41, 5.74) is 8.47. The van der Waals surface area contributed by atoms with E-state index in [4.69, 9.17) is 22.1 Å². The molecule has 0 aliphatic heterocycles. The van der Waals surface area contributed by atoms with Crippen LogP contribution in [0.2, 0.25) is 5.02 Å². The molecule has 1 atom stereocenters. The molecule has 0 heterocycles. The summed E-state index contributed by atoms with van der Waals surface area (Å²) < 4.78 is 5.25. The number of ether oxygens (including phenoxy) is 1. The number of rotatable bonds is 6. The number of benzene rings is 2. The Morgan fingerprint density at radius 3 is 2.57 bits per heavy atom. The van der Waals surface area contributed by atoms with Gasteiger partial charge in [0.15, 0.2) is 0 Å². The van der Waals surface area contributed by atoms with E-state index in [-0.39, 0.29) is 6.04 Å². The van der Waals surface area contributed by atoms with E-state index < -0.39 is 0 Å². The molecule has 2 aromatic carbocycles. The fraction of sp³-hybridized carbons (Fsp3) is 0.294. The lowest BCUT2D eigenvalue weighted by Crippen LogP contribution is -2.23. The van der Waals surface area contributed by atoms with Gasteiger partial charge in [0.05, 0.1) is 7.11 Å². The summed E-state index contributed by atoms with van der Waals surface area (Å²) in [6.07, 6.45) is 0.870. The van der Waals surface area contributed by atoms with Crippen molar-refractivity contribution in [3.05, 3.63) is 59.1 Å². The first-order valence-electron chi connectivity index (χ1n) is 6.96. The Bertz CT molecular complexity index is 571. The third kappa shape index (κ3) is 4.38. The molecule has 2 rings (SSSR count). The molecule has 0 saturated heterocycles. The second-order valence-electron chi connectivity index (χ2n) is 5.07. The minimum Gasteiger partial charge on any atom is -0.497 e. The van der Waals surface area contributed by atoms with Gasteiger partial charge in [0, 0.05) is 36.4 Å². The highest BCUT2D eigenvalue weighted by Crippen LogP contribution is 2.22. The number of hydrogen-bond donors (Lipinski definition) is 1. The molecule has 0 saturated carbocycles. The fourth-order valence-electron chi connectivity index (χ4n) is 2.19. The highest BCUT2D eigenvalue weighted by atomic mass is 35.5. The summed E-state index contributed by atoms with van der Waals surface area (Å²) in [7, 11) is 3.74. The van der Waals surface area contributed by atoms with Crippen molar-refractivity contribution < 1.29 is 4.74 Å². The summed E-state index contributed by atoms with van der Waals surface area (Å²) >= 11 is 5.89. The molecule has 3 nitrogen and oxygen atoms in total. The second-order valence-corrected chi connectivity index (χ2v) is 5.51. The summed E-state index contributed by atoms with van der Waals surface area (Å²) in [6, 6.07) is 15.8. The van der Waals surface area contributed by atoms with Crippen molar-refractivity contribution >= 4 is 17.3 Å². The molecule has 0 aliphatic rings. The van der Waals surface area contributed by atoms with Crippen LogP contribution in [-0.4, -0.2) is 20.7 Å². The molecule has 112 valence electrons. The third-order valence-electron chi connectivity index (χ3n) is 3.57. The van der Waals surface area contributed by atoms with Gasteiger partial charge in [-0.3, -0.25) is 0 Å². The van der Waals surface area contributed by atoms with Crippen LogP contribution in [0.1, 0.15) is 18.0 Å². The largest absolute Gasteiger partial charge is 0.497 e. The van der Waals surface area contributed by atoms with Crippen LogP contribution in [0.15, 0.2) is 48.5 Å². The Morgan fingerprint density at radius 1 is 1.19 bits per heavy atom. The van der Waals surface area contributed by atoms with Gasteiger partial charge in [0.2, 0.25) is 0 Å². The van der Waals surface area contributed by atoms with Gasteiger partial charge in [0.25, 0.3) is 0 Å². The minimum atomic E-state index is 0.00956.